The monoisotopic (exact) mass is 406 g/mol. The second-order valence-corrected chi connectivity index (χ2v) is 8.95. The van der Waals surface area contributed by atoms with E-state index in [1.807, 2.05) is 39.0 Å². The highest BCUT2D eigenvalue weighted by molar-refractivity contribution is 7.92. The first-order chi connectivity index (χ1) is 13.1. The second kappa shape index (κ2) is 9.19. The summed E-state index contributed by atoms with van der Waals surface area (Å²) in [6.07, 6.45) is 1.46. The first kappa shape index (κ1) is 21.9. The lowest BCUT2D eigenvalue weighted by molar-refractivity contribution is -0.121. The first-order valence-corrected chi connectivity index (χ1v) is 11.0. The number of amides is 1. The van der Waals surface area contributed by atoms with Gasteiger partial charge in [0.05, 0.1) is 18.0 Å². The Morgan fingerprint density at radius 2 is 1.86 bits per heavy atom. The van der Waals surface area contributed by atoms with E-state index in [1.54, 1.807) is 6.07 Å². The van der Waals surface area contributed by atoms with Crippen LogP contribution >= 0.6 is 0 Å². The van der Waals surface area contributed by atoms with E-state index in [4.69, 9.17) is 0 Å². The van der Waals surface area contributed by atoms with Crippen LogP contribution in [0.15, 0.2) is 42.5 Å². The van der Waals surface area contributed by atoms with Crippen LogP contribution in [0, 0.1) is 19.7 Å². The summed E-state index contributed by atoms with van der Waals surface area (Å²) in [7, 11) is -3.65. The van der Waals surface area contributed by atoms with E-state index in [-0.39, 0.29) is 37.0 Å². The van der Waals surface area contributed by atoms with E-state index in [9.17, 15) is 17.6 Å². The van der Waals surface area contributed by atoms with Crippen molar-refractivity contribution in [2.24, 2.45) is 0 Å². The largest absolute Gasteiger partial charge is 0.350 e. The van der Waals surface area contributed by atoms with Crippen molar-refractivity contribution in [3.63, 3.8) is 0 Å². The van der Waals surface area contributed by atoms with Gasteiger partial charge in [-0.15, -0.1) is 0 Å². The van der Waals surface area contributed by atoms with Gasteiger partial charge < -0.3 is 5.32 Å². The third-order valence-corrected chi connectivity index (χ3v) is 5.75. The van der Waals surface area contributed by atoms with Crippen molar-refractivity contribution < 1.29 is 17.6 Å². The van der Waals surface area contributed by atoms with E-state index >= 15 is 0 Å². The van der Waals surface area contributed by atoms with Crippen molar-refractivity contribution in [1.29, 1.82) is 0 Å². The highest BCUT2D eigenvalue weighted by Crippen LogP contribution is 2.22. The standard InChI is InChI=1S/C21H27FN2O3S/c1-15-11-12-16(2)18(14-15)17(3)23-21(25)10-7-13-24(28(4,26)27)20-9-6-5-8-19(20)22/h5-6,8-9,11-12,14,17H,7,10,13H2,1-4H3,(H,23,25). The molecule has 7 heteroatoms. The summed E-state index contributed by atoms with van der Waals surface area (Å²) < 4.78 is 39.1. The normalized spacial score (nSPS) is 12.5. The number of sulfonamides is 1. The van der Waals surface area contributed by atoms with Crippen LogP contribution in [-0.2, 0) is 14.8 Å². The predicted octanol–water partition coefficient (Wildman–Crippen LogP) is 3.87. The van der Waals surface area contributed by atoms with Gasteiger partial charge in [-0.2, -0.15) is 0 Å². The maximum absolute atomic E-state index is 14.0. The van der Waals surface area contributed by atoms with Crippen LogP contribution in [0.5, 0.6) is 0 Å². The zero-order chi connectivity index (χ0) is 20.9. The zero-order valence-corrected chi connectivity index (χ0v) is 17.5. The van der Waals surface area contributed by atoms with Crippen LogP contribution in [0.3, 0.4) is 0 Å². The lowest BCUT2D eigenvalue weighted by Gasteiger charge is -2.23. The van der Waals surface area contributed by atoms with Gasteiger partial charge in [0.1, 0.15) is 5.82 Å². The van der Waals surface area contributed by atoms with Gasteiger partial charge in [-0.25, -0.2) is 12.8 Å². The number of para-hydroxylation sites is 1. The molecule has 0 radical (unpaired) electrons. The van der Waals surface area contributed by atoms with Crippen LogP contribution in [-0.4, -0.2) is 27.1 Å². The summed E-state index contributed by atoms with van der Waals surface area (Å²) >= 11 is 0. The van der Waals surface area contributed by atoms with E-state index in [1.165, 1.54) is 18.2 Å². The lowest BCUT2D eigenvalue weighted by atomic mass is 10.00. The Morgan fingerprint density at radius 1 is 1.18 bits per heavy atom. The molecule has 1 atom stereocenters. The van der Waals surface area contributed by atoms with E-state index in [0.717, 1.165) is 27.3 Å². The summed E-state index contributed by atoms with van der Waals surface area (Å²) in [6, 6.07) is 11.7. The van der Waals surface area contributed by atoms with E-state index in [0.29, 0.717) is 0 Å². The molecule has 5 nitrogen and oxygen atoms in total. The Hall–Kier alpha value is -2.41. The number of carbonyl (C=O) groups is 1. The number of hydrogen-bond acceptors (Lipinski definition) is 3. The Morgan fingerprint density at radius 3 is 2.50 bits per heavy atom. The number of rotatable bonds is 8. The fourth-order valence-corrected chi connectivity index (χ4v) is 4.09. The average molecular weight is 407 g/mol. The van der Waals surface area contributed by atoms with Gasteiger partial charge in [0.15, 0.2) is 0 Å². The number of nitrogens with zero attached hydrogens (tertiary/aromatic N) is 1. The molecule has 0 aromatic heterocycles. The summed E-state index contributed by atoms with van der Waals surface area (Å²) in [6.45, 7) is 5.95. The number of aryl methyl sites for hydroxylation is 2. The van der Waals surface area contributed by atoms with Crippen LogP contribution < -0.4 is 9.62 Å². The van der Waals surface area contributed by atoms with E-state index in [2.05, 4.69) is 5.32 Å². The molecule has 0 heterocycles. The maximum Gasteiger partial charge on any atom is 0.232 e. The summed E-state index contributed by atoms with van der Waals surface area (Å²) in [5.41, 5.74) is 3.27. The Kier molecular flexibility index (Phi) is 7.18. The van der Waals surface area contributed by atoms with Crippen molar-refractivity contribution in [2.45, 2.75) is 39.7 Å². The van der Waals surface area contributed by atoms with Crippen molar-refractivity contribution in [3.05, 3.63) is 65.0 Å². The molecule has 2 aromatic rings. The quantitative estimate of drug-likeness (QED) is 0.724. The summed E-state index contributed by atoms with van der Waals surface area (Å²) in [5, 5.41) is 2.95. The fourth-order valence-electron chi connectivity index (χ4n) is 3.12. The highest BCUT2D eigenvalue weighted by atomic mass is 32.2. The molecule has 2 aromatic carbocycles. The molecular weight excluding hydrogens is 379 g/mol. The van der Waals surface area contributed by atoms with Gasteiger partial charge in [-0.1, -0.05) is 35.9 Å². The number of anilines is 1. The summed E-state index contributed by atoms with van der Waals surface area (Å²) in [4.78, 5) is 12.3. The third-order valence-electron chi connectivity index (χ3n) is 4.57. The van der Waals surface area contributed by atoms with Crippen LogP contribution in [0.1, 0.15) is 42.5 Å². The molecule has 0 aliphatic heterocycles. The average Bonchev–Trinajstić information content (AvgIpc) is 2.60. The number of halogens is 1. The molecular formula is C21H27FN2O3S. The van der Waals surface area contributed by atoms with Crippen LogP contribution in [0.25, 0.3) is 0 Å². The van der Waals surface area contributed by atoms with Gasteiger partial charge >= 0.3 is 0 Å². The van der Waals surface area contributed by atoms with Gasteiger partial charge in [0.25, 0.3) is 0 Å². The first-order valence-electron chi connectivity index (χ1n) is 9.18. The molecule has 2 rings (SSSR count). The van der Waals surface area contributed by atoms with Gasteiger partial charge in [0.2, 0.25) is 15.9 Å². The molecule has 28 heavy (non-hydrogen) atoms. The van der Waals surface area contributed by atoms with Crippen LogP contribution in [0.2, 0.25) is 0 Å². The minimum Gasteiger partial charge on any atom is -0.350 e. The van der Waals surface area contributed by atoms with Crippen molar-refractivity contribution >= 4 is 21.6 Å². The number of benzene rings is 2. The molecule has 0 saturated carbocycles. The molecule has 0 saturated heterocycles. The minimum atomic E-state index is -3.65. The molecule has 1 unspecified atom stereocenters. The highest BCUT2D eigenvalue weighted by Gasteiger charge is 2.21. The molecule has 152 valence electrons. The fraction of sp³-hybridized carbons (Fsp3) is 0.381. The maximum atomic E-state index is 14.0. The molecule has 1 amide bonds. The molecule has 0 aliphatic carbocycles. The topological polar surface area (TPSA) is 66.5 Å². The number of hydrogen-bond donors (Lipinski definition) is 1. The van der Waals surface area contributed by atoms with Crippen molar-refractivity contribution in [3.8, 4) is 0 Å². The molecule has 0 fully saturated rings. The van der Waals surface area contributed by atoms with Crippen LogP contribution in [0.4, 0.5) is 10.1 Å². The second-order valence-electron chi connectivity index (χ2n) is 7.04. The molecule has 0 spiro atoms. The van der Waals surface area contributed by atoms with Gasteiger partial charge in [0, 0.05) is 13.0 Å². The van der Waals surface area contributed by atoms with Gasteiger partial charge in [-0.05, 0) is 50.5 Å². The van der Waals surface area contributed by atoms with E-state index < -0.39 is 15.8 Å². The van der Waals surface area contributed by atoms with Gasteiger partial charge in [-0.3, -0.25) is 9.10 Å². The summed E-state index contributed by atoms with van der Waals surface area (Å²) in [5.74, 6) is -0.781. The minimum absolute atomic E-state index is 0.00541. The third kappa shape index (κ3) is 5.79. The Bertz CT molecular complexity index is 944. The molecule has 0 aliphatic rings. The zero-order valence-electron chi connectivity index (χ0n) is 16.7. The lowest BCUT2D eigenvalue weighted by Crippen LogP contribution is -2.33. The Balaban J connectivity index is 1.98. The predicted molar refractivity (Wildman–Crippen MR) is 110 cm³/mol. The Labute approximate surface area is 166 Å². The smallest absolute Gasteiger partial charge is 0.232 e. The van der Waals surface area contributed by atoms with Crippen molar-refractivity contribution in [2.75, 3.05) is 17.1 Å². The molecule has 1 N–H and O–H groups in total. The number of carbonyl (C=O) groups excluding carboxylic acids is 1. The number of nitrogens with one attached hydrogen (secondary N) is 1. The molecule has 0 bridgehead atoms. The van der Waals surface area contributed by atoms with Crippen molar-refractivity contribution in [1.82, 2.24) is 5.32 Å². The SMILES string of the molecule is Cc1ccc(C)c(C(C)NC(=O)CCCN(c2ccccc2F)S(C)(=O)=O)c1.